The Balaban J connectivity index is 1.70. The SMILES string of the molecule is C=CCOC(O)CCOc1ccc2cc3ccccc3cc2c1. The Morgan fingerprint density at radius 1 is 0.957 bits per heavy atom. The molecule has 0 aromatic heterocycles. The van der Waals surface area contributed by atoms with E-state index >= 15 is 0 Å². The van der Waals surface area contributed by atoms with Crippen molar-refractivity contribution in [2.75, 3.05) is 13.2 Å². The van der Waals surface area contributed by atoms with Crippen LogP contribution in [0.25, 0.3) is 21.5 Å². The molecule has 3 aromatic rings. The maximum Gasteiger partial charge on any atom is 0.158 e. The highest BCUT2D eigenvalue weighted by atomic mass is 16.6. The first-order chi connectivity index (χ1) is 11.3. The monoisotopic (exact) mass is 308 g/mol. The number of aliphatic hydroxyl groups excluding tert-OH is 1. The van der Waals surface area contributed by atoms with Gasteiger partial charge >= 0.3 is 0 Å². The second-order valence-electron chi connectivity index (χ2n) is 5.42. The fourth-order valence-corrected chi connectivity index (χ4v) is 2.55. The van der Waals surface area contributed by atoms with Crippen LogP contribution < -0.4 is 4.74 Å². The highest BCUT2D eigenvalue weighted by Gasteiger charge is 2.04. The molecule has 3 nitrogen and oxygen atoms in total. The molecule has 3 rings (SSSR count). The van der Waals surface area contributed by atoms with Crippen molar-refractivity contribution < 1.29 is 14.6 Å². The molecule has 3 heteroatoms. The predicted molar refractivity (Wildman–Crippen MR) is 93.7 cm³/mol. The molecule has 0 radical (unpaired) electrons. The molecular formula is C20H20O3. The van der Waals surface area contributed by atoms with Crippen LogP contribution in [0, 0.1) is 0 Å². The lowest BCUT2D eigenvalue weighted by atomic mass is 10.0. The maximum absolute atomic E-state index is 9.60. The number of fused-ring (bicyclic) bond motifs is 2. The van der Waals surface area contributed by atoms with E-state index in [4.69, 9.17) is 9.47 Å². The molecule has 3 aromatic carbocycles. The van der Waals surface area contributed by atoms with Gasteiger partial charge in [0.05, 0.1) is 13.2 Å². The molecule has 0 amide bonds. The molecule has 0 heterocycles. The number of hydrogen-bond donors (Lipinski definition) is 1. The lowest BCUT2D eigenvalue weighted by Gasteiger charge is -2.12. The van der Waals surface area contributed by atoms with E-state index in [1.165, 1.54) is 16.2 Å². The van der Waals surface area contributed by atoms with Gasteiger partial charge in [-0.05, 0) is 45.8 Å². The number of benzene rings is 3. The Labute approximate surface area is 135 Å². The molecule has 0 bridgehead atoms. The summed E-state index contributed by atoms with van der Waals surface area (Å²) in [6.07, 6.45) is 1.21. The summed E-state index contributed by atoms with van der Waals surface area (Å²) in [5.74, 6) is 0.795. The van der Waals surface area contributed by atoms with Gasteiger partial charge in [0.2, 0.25) is 0 Å². The Bertz CT molecular complexity index is 810. The largest absolute Gasteiger partial charge is 0.493 e. The summed E-state index contributed by atoms with van der Waals surface area (Å²) in [5.41, 5.74) is 0. The summed E-state index contributed by atoms with van der Waals surface area (Å²) in [7, 11) is 0. The van der Waals surface area contributed by atoms with E-state index in [2.05, 4.69) is 36.9 Å². The lowest BCUT2D eigenvalue weighted by Crippen LogP contribution is -2.15. The van der Waals surface area contributed by atoms with E-state index in [0.717, 1.165) is 11.1 Å². The third-order valence-electron chi connectivity index (χ3n) is 3.72. The molecule has 0 aliphatic carbocycles. The third kappa shape index (κ3) is 3.89. The minimum Gasteiger partial charge on any atom is -0.493 e. The maximum atomic E-state index is 9.60. The highest BCUT2D eigenvalue weighted by Crippen LogP contribution is 2.26. The first kappa shape index (κ1) is 15.5. The molecule has 0 spiro atoms. The van der Waals surface area contributed by atoms with Crippen molar-refractivity contribution in [3.63, 3.8) is 0 Å². The summed E-state index contributed by atoms with van der Waals surface area (Å²) in [4.78, 5) is 0. The zero-order chi connectivity index (χ0) is 16.1. The quantitative estimate of drug-likeness (QED) is 0.402. The Hall–Kier alpha value is -2.36. The average Bonchev–Trinajstić information content (AvgIpc) is 2.58. The normalized spacial score (nSPS) is 12.4. The van der Waals surface area contributed by atoms with Gasteiger partial charge in [0.15, 0.2) is 6.29 Å². The van der Waals surface area contributed by atoms with Gasteiger partial charge in [-0.1, -0.05) is 36.4 Å². The summed E-state index contributed by atoms with van der Waals surface area (Å²) >= 11 is 0. The van der Waals surface area contributed by atoms with Crippen LogP contribution in [0.1, 0.15) is 6.42 Å². The smallest absolute Gasteiger partial charge is 0.158 e. The topological polar surface area (TPSA) is 38.7 Å². The van der Waals surface area contributed by atoms with Crippen molar-refractivity contribution in [1.82, 2.24) is 0 Å². The number of aliphatic hydroxyl groups is 1. The van der Waals surface area contributed by atoms with Crippen LogP contribution in [-0.2, 0) is 4.74 Å². The Morgan fingerprint density at radius 2 is 1.65 bits per heavy atom. The van der Waals surface area contributed by atoms with Crippen LogP contribution in [0.15, 0.2) is 67.3 Å². The molecule has 0 fully saturated rings. The minimum atomic E-state index is -0.822. The van der Waals surface area contributed by atoms with E-state index in [9.17, 15) is 5.11 Å². The van der Waals surface area contributed by atoms with Gasteiger partial charge in [-0.2, -0.15) is 0 Å². The second kappa shape index (κ2) is 7.27. The van der Waals surface area contributed by atoms with Crippen molar-refractivity contribution in [1.29, 1.82) is 0 Å². The van der Waals surface area contributed by atoms with Gasteiger partial charge in [-0.25, -0.2) is 0 Å². The van der Waals surface area contributed by atoms with E-state index in [0.29, 0.717) is 19.6 Å². The van der Waals surface area contributed by atoms with Crippen molar-refractivity contribution in [2.45, 2.75) is 12.7 Å². The molecule has 0 aliphatic rings. The van der Waals surface area contributed by atoms with Crippen LogP contribution >= 0.6 is 0 Å². The molecule has 23 heavy (non-hydrogen) atoms. The summed E-state index contributed by atoms with van der Waals surface area (Å²) in [5, 5.41) is 14.4. The summed E-state index contributed by atoms with van der Waals surface area (Å²) < 4.78 is 10.8. The second-order valence-corrected chi connectivity index (χ2v) is 5.42. The van der Waals surface area contributed by atoms with Crippen LogP contribution in [0.5, 0.6) is 5.75 Å². The predicted octanol–water partition coefficient (Wildman–Crippen LogP) is 4.28. The number of ether oxygens (including phenoxy) is 2. The van der Waals surface area contributed by atoms with Crippen LogP contribution in [0.2, 0.25) is 0 Å². The molecule has 0 saturated carbocycles. The lowest BCUT2D eigenvalue weighted by molar-refractivity contribution is -0.0974. The minimum absolute atomic E-state index is 0.338. The van der Waals surface area contributed by atoms with Gasteiger partial charge < -0.3 is 14.6 Å². The van der Waals surface area contributed by atoms with Crippen molar-refractivity contribution in [2.24, 2.45) is 0 Å². The van der Waals surface area contributed by atoms with Crippen LogP contribution in [0.3, 0.4) is 0 Å². The standard InChI is InChI=1S/C20H20O3/c1-2-10-23-20(21)9-11-22-19-8-7-17-12-15-5-3-4-6-16(15)13-18(17)14-19/h2-8,12-14,20-21H,1,9-11H2. The van der Waals surface area contributed by atoms with Gasteiger partial charge in [-0.15, -0.1) is 6.58 Å². The molecule has 0 saturated heterocycles. The summed E-state index contributed by atoms with van der Waals surface area (Å²) in [6, 6.07) is 18.7. The van der Waals surface area contributed by atoms with Gasteiger partial charge in [0.1, 0.15) is 5.75 Å². The first-order valence-electron chi connectivity index (χ1n) is 7.72. The number of rotatable bonds is 7. The van der Waals surface area contributed by atoms with E-state index in [1.54, 1.807) is 6.08 Å². The molecule has 0 aliphatic heterocycles. The fraction of sp³-hybridized carbons (Fsp3) is 0.200. The van der Waals surface area contributed by atoms with Gasteiger partial charge in [-0.3, -0.25) is 0 Å². The van der Waals surface area contributed by atoms with E-state index in [-0.39, 0.29) is 0 Å². The average molecular weight is 308 g/mol. The van der Waals surface area contributed by atoms with E-state index in [1.807, 2.05) is 24.3 Å². The zero-order valence-electron chi connectivity index (χ0n) is 12.9. The number of hydrogen-bond acceptors (Lipinski definition) is 3. The zero-order valence-corrected chi connectivity index (χ0v) is 12.9. The van der Waals surface area contributed by atoms with Gasteiger partial charge in [0, 0.05) is 6.42 Å². The van der Waals surface area contributed by atoms with Gasteiger partial charge in [0.25, 0.3) is 0 Å². The van der Waals surface area contributed by atoms with Crippen molar-refractivity contribution >= 4 is 21.5 Å². The van der Waals surface area contributed by atoms with Crippen molar-refractivity contribution in [3.8, 4) is 5.75 Å². The molecule has 1 N–H and O–H groups in total. The molecule has 118 valence electrons. The van der Waals surface area contributed by atoms with Crippen molar-refractivity contribution in [3.05, 3.63) is 67.3 Å². The van der Waals surface area contributed by atoms with Crippen LogP contribution in [0.4, 0.5) is 0 Å². The summed E-state index contributed by atoms with van der Waals surface area (Å²) in [6.45, 7) is 4.28. The molecular weight excluding hydrogens is 288 g/mol. The highest BCUT2D eigenvalue weighted by molar-refractivity contribution is 5.98. The fourth-order valence-electron chi connectivity index (χ4n) is 2.55. The Morgan fingerprint density at radius 3 is 2.39 bits per heavy atom. The molecule has 1 atom stereocenters. The Kier molecular flexibility index (Phi) is 4.91. The van der Waals surface area contributed by atoms with E-state index < -0.39 is 6.29 Å². The van der Waals surface area contributed by atoms with Crippen LogP contribution in [-0.4, -0.2) is 24.6 Å². The first-order valence-corrected chi connectivity index (χ1v) is 7.72. The molecule has 1 unspecified atom stereocenters. The third-order valence-corrected chi connectivity index (χ3v) is 3.72.